The molecule has 3 nitrogen and oxygen atoms in total. The summed E-state index contributed by atoms with van der Waals surface area (Å²) in [6.45, 7) is 6.62. The van der Waals surface area contributed by atoms with Gasteiger partial charge in [-0.05, 0) is 29.2 Å². The Balaban J connectivity index is 2.16. The molecule has 2 rings (SSSR count). The summed E-state index contributed by atoms with van der Waals surface area (Å²) in [6, 6.07) is 12.2. The van der Waals surface area contributed by atoms with Crippen LogP contribution in [0.25, 0.3) is 0 Å². The zero-order valence-corrected chi connectivity index (χ0v) is 11.1. The normalized spacial score (nSPS) is 11.3. The molecule has 3 heteroatoms. The van der Waals surface area contributed by atoms with Crippen LogP contribution in [0.1, 0.15) is 26.3 Å². The monoisotopic (exact) mass is 241 g/mol. The molecule has 94 valence electrons. The third-order valence-corrected chi connectivity index (χ3v) is 2.82. The van der Waals surface area contributed by atoms with Crippen molar-refractivity contribution >= 4 is 17.2 Å². The molecular weight excluding hydrogens is 222 g/mol. The van der Waals surface area contributed by atoms with Gasteiger partial charge in [0.05, 0.1) is 0 Å². The lowest BCUT2D eigenvalue weighted by molar-refractivity contribution is 0.590. The average molecular weight is 241 g/mol. The number of pyridine rings is 1. The summed E-state index contributed by atoms with van der Waals surface area (Å²) in [6.07, 6.45) is 1.70. The van der Waals surface area contributed by atoms with Gasteiger partial charge < -0.3 is 11.1 Å². The first-order chi connectivity index (χ1) is 8.45. The predicted octanol–water partition coefficient (Wildman–Crippen LogP) is 3.70. The van der Waals surface area contributed by atoms with E-state index >= 15 is 0 Å². The molecule has 1 aromatic heterocycles. The molecule has 0 fully saturated rings. The molecule has 0 saturated heterocycles. The summed E-state index contributed by atoms with van der Waals surface area (Å²) in [7, 11) is 0. The number of hydrogen-bond donors (Lipinski definition) is 2. The first-order valence-corrected chi connectivity index (χ1v) is 6.04. The number of nitrogen functional groups attached to an aromatic ring is 1. The highest BCUT2D eigenvalue weighted by molar-refractivity contribution is 5.62. The standard InChI is InChI=1S/C15H19N3/c1-15(2,3)11-4-6-12(7-5-11)18-13-8-9-17-14(16)10-13/h4-10H,1-3H3,(H3,16,17,18). The van der Waals surface area contributed by atoms with Crippen LogP contribution in [0.2, 0.25) is 0 Å². The molecule has 1 heterocycles. The van der Waals surface area contributed by atoms with Crippen molar-refractivity contribution in [2.24, 2.45) is 0 Å². The Morgan fingerprint density at radius 1 is 1.00 bits per heavy atom. The number of benzene rings is 1. The highest BCUT2D eigenvalue weighted by Gasteiger charge is 2.12. The Kier molecular flexibility index (Phi) is 3.24. The zero-order chi connectivity index (χ0) is 13.2. The molecule has 0 aliphatic carbocycles. The van der Waals surface area contributed by atoms with E-state index in [1.54, 1.807) is 6.20 Å². The van der Waals surface area contributed by atoms with E-state index in [-0.39, 0.29) is 5.41 Å². The molecule has 1 aromatic carbocycles. The second-order valence-corrected chi connectivity index (χ2v) is 5.42. The van der Waals surface area contributed by atoms with Gasteiger partial charge in [0.25, 0.3) is 0 Å². The van der Waals surface area contributed by atoms with Gasteiger partial charge in [-0.25, -0.2) is 4.98 Å². The van der Waals surface area contributed by atoms with Crippen molar-refractivity contribution in [2.75, 3.05) is 11.1 Å². The molecule has 0 atom stereocenters. The van der Waals surface area contributed by atoms with Gasteiger partial charge in [0, 0.05) is 23.6 Å². The lowest BCUT2D eigenvalue weighted by Crippen LogP contribution is -2.10. The number of nitrogens with two attached hydrogens (primary N) is 1. The maximum absolute atomic E-state index is 5.64. The number of aromatic nitrogens is 1. The Morgan fingerprint density at radius 3 is 2.22 bits per heavy atom. The Morgan fingerprint density at radius 2 is 1.67 bits per heavy atom. The van der Waals surface area contributed by atoms with E-state index in [0.717, 1.165) is 11.4 Å². The Labute approximate surface area is 108 Å². The summed E-state index contributed by atoms with van der Waals surface area (Å²) < 4.78 is 0. The van der Waals surface area contributed by atoms with Crippen LogP contribution < -0.4 is 11.1 Å². The highest BCUT2D eigenvalue weighted by atomic mass is 14.9. The fourth-order valence-corrected chi connectivity index (χ4v) is 1.75. The van der Waals surface area contributed by atoms with E-state index in [9.17, 15) is 0 Å². The van der Waals surface area contributed by atoms with Crippen LogP contribution in [-0.2, 0) is 5.41 Å². The van der Waals surface area contributed by atoms with E-state index < -0.39 is 0 Å². The van der Waals surface area contributed by atoms with E-state index in [4.69, 9.17) is 5.73 Å². The summed E-state index contributed by atoms with van der Waals surface area (Å²) in [4.78, 5) is 3.97. The van der Waals surface area contributed by atoms with Gasteiger partial charge in [0.15, 0.2) is 0 Å². The minimum absolute atomic E-state index is 0.180. The van der Waals surface area contributed by atoms with Gasteiger partial charge in [-0.1, -0.05) is 32.9 Å². The first kappa shape index (κ1) is 12.4. The largest absolute Gasteiger partial charge is 0.384 e. The molecule has 0 spiro atoms. The molecule has 0 bridgehead atoms. The topological polar surface area (TPSA) is 50.9 Å². The van der Waals surface area contributed by atoms with Crippen molar-refractivity contribution in [1.29, 1.82) is 0 Å². The molecular formula is C15H19N3. The minimum Gasteiger partial charge on any atom is -0.384 e. The number of anilines is 3. The summed E-state index contributed by atoms with van der Waals surface area (Å²) in [5.74, 6) is 0.520. The first-order valence-electron chi connectivity index (χ1n) is 6.04. The molecule has 0 radical (unpaired) electrons. The van der Waals surface area contributed by atoms with Crippen LogP contribution in [0, 0.1) is 0 Å². The highest BCUT2D eigenvalue weighted by Crippen LogP contribution is 2.25. The quantitative estimate of drug-likeness (QED) is 0.842. The summed E-state index contributed by atoms with van der Waals surface area (Å²) in [5.41, 5.74) is 9.14. The van der Waals surface area contributed by atoms with Crippen LogP contribution in [0.4, 0.5) is 17.2 Å². The minimum atomic E-state index is 0.180. The smallest absolute Gasteiger partial charge is 0.125 e. The average Bonchev–Trinajstić information content (AvgIpc) is 2.28. The second-order valence-electron chi connectivity index (χ2n) is 5.42. The molecule has 3 N–H and O–H groups in total. The molecule has 0 aliphatic heterocycles. The maximum atomic E-state index is 5.64. The van der Waals surface area contributed by atoms with Gasteiger partial charge in [-0.2, -0.15) is 0 Å². The number of rotatable bonds is 2. The third-order valence-electron chi connectivity index (χ3n) is 2.82. The third kappa shape index (κ3) is 3.00. The molecule has 2 aromatic rings. The van der Waals surface area contributed by atoms with Crippen LogP contribution in [0.15, 0.2) is 42.6 Å². The Hall–Kier alpha value is -2.03. The number of nitrogens with zero attached hydrogens (tertiary/aromatic N) is 1. The maximum Gasteiger partial charge on any atom is 0.125 e. The van der Waals surface area contributed by atoms with Crippen molar-refractivity contribution in [2.45, 2.75) is 26.2 Å². The molecule has 0 saturated carbocycles. The molecule has 0 unspecified atom stereocenters. The van der Waals surface area contributed by atoms with Crippen molar-refractivity contribution in [3.8, 4) is 0 Å². The molecule has 0 amide bonds. The predicted molar refractivity (Wildman–Crippen MR) is 77.1 cm³/mol. The van der Waals surface area contributed by atoms with E-state index in [2.05, 4.69) is 55.3 Å². The fraction of sp³-hybridized carbons (Fsp3) is 0.267. The van der Waals surface area contributed by atoms with Gasteiger partial charge >= 0.3 is 0 Å². The van der Waals surface area contributed by atoms with Crippen molar-refractivity contribution in [3.63, 3.8) is 0 Å². The van der Waals surface area contributed by atoms with Crippen molar-refractivity contribution in [3.05, 3.63) is 48.2 Å². The lowest BCUT2D eigenvalue weighted by atomic mass is 9.87. The van der Waals surface area contributed by atoms with Crippen molar-refractivity contribution < 1.29 is 0 Å². The molecule has 18 heavy (non-hydrogen) atoms. The number of nitrogens with one attached hydrogen (secondary N) is 1. The Bertz CT molecular complexity index is 524. The summed E-state index contributed by atoms with van der Waals surface area (Å²) in [5, 5.41) is 3.30. The van der Waals surface area contributed by atoms with Crippen LogP contribution in [0.3, 0.4) is 0 Å². The van der Waals surface area contributed by atoms with Gasteiger partial charge in [-0.15, -0.1) is 0 Å². The van der Waals surface area contributed by atoms with Crippen LogP contribution in [-0.4, -0.2) is 4.98 Å². The van der Waals surface area contributed by atoms with Gasteiger partial charge in [-0.3, -0.25) is 0 Å². The van der Waals surface area contributed by atoms with E-state index in [0.29, 0.717) is 5.82 Å². The van der Waals surface area contributed by atoms with Gasteiger partial charge in [0.1, 0.15) is 5.82 Å². The fourth-order valence-electron chi connectivity index (χ4n) is 1.75. The van der Waals surface area contributed by atoms with E-state index in [1.807, 2.05) is 12.1 Å². The van der Waals surface area contributed by atoms with Crippen molar-refractivity contribution in [1.82, 2.24) is 4.98 Å². The van der Waals surface area contributed by atoms with Gasteiger partial charge in [0.2, 0.25) is 0 Å². The zero-order valence-electron chi connectivity index (χ0n) is 11.1. The second kappa shape index (κ2) is 4.69. The SMILES string of the molecule is CC(C)(C)c1ccc(Nc2ccnc(N)c2)cc1. The van der Waals surface area contributed by atoms with Crippen LogP contribution >= 0.6 is 0 Å². The number of hydrogen-bond acceptors (Lipinski definition) is 3. The summed E-state index contributed by atoms with van der Waals surface area (Å²) >= 11 is 0. The molecule has 0 aliphatic rings. The van der Waals surface area contributed by atoms with Crippen LogP contribution in [0.5, 0.6) is 0 Å². The lowest BCUT2D eigenvalue weighted by Gasteiger charge is -2.19. The van der Waals surface area contributed by atoms with E-state index in [1.165, 1.54) is 5.56 Å².